The second-order valence-corrected chi connectivity index (χ2v) is 5.20. The molecule has 2 heterocycles. The first-order valence-corrected chi connectivity index (χ1v) is 6.86. The van der Waals surface area contributed by atoms with Crippen LogP contribution in [0.5, 0.6) is 0 Å². The fraction of sp³-hybridized carbons (Fsp3) is 0.615. The molecule has 2 rings (SSSR count). The standard InChI is InChI=1S/C13H20N4O4/c18-8-10-1-2-17(7-11(10)19)6-9-3-14-13(15-4-9)16-5-12(20)21/h3-4,10-11,18-19H,1-2,5-8H2,(H,20,21)(H,14,15,16)/t10-,11-/m1/s1. The molecule has 1 saturated heterocycles. The van der Waals surface area contributed by atoms with Crippen LogP contribution in [0.15, 0.2) is 12.4 Å². The fourth-order valence-corrected chi connectivity index (χ4v) is 2.34. The Labute approximate surface area is 122 Å². The van der Waals surface area contributed by atoms with Crippen molar-refractivity contribution in [3.63, 3.8) is 0 Å². The van der Waals surface area contributed by atoms with Gasteiger partial charge in [0.15, 0.2) is 0 Å². The number of aliphatic hydroxyl groups is 2. The number of aliphatic hydroxyl groups excluding tert-OH is 2. The summed E-state index contributed by atoms with van der Waals surface area (Å²) >= 11 is 0. The number of aromatic nitrogens is 2. The minimum Gasteiger partial charge on any atom is -0.480 e. The Morgan fingerprint density at radius 1 is 1.43 bits per heavy atom. The quantitative estimate of drug-likeness (QED) is 0.536. The zero-order valence-electron chi connectivity index (χ0n) is 11.6. The molecule has 1 aromatic rings. The number of carboxylic acids is 1. The lowest BCUT2D eigenvalue weighted by Crippen LogP contribution is -2.44. The van der Waals surface area contributed by atoms with E-state index >= 15 is 0 Å². The van der Waals surface area contributed by atoms with E-state index in [0.717, 1.165) is 18.5 Å². The first-order valence-electron chi connectivity index (χ1n) is 6.86. The summed E-state index contributed by atoms with van der Waals surface area (Å²) in [6, 6.07) is 0. The maximum atomic E-state index is 10.4. The lowest BCUT2D eigenvalue weighted by Gasteiger charge is -2.34. The van der Waals surface area contributed by atoms with Crippen molar-refractivity contribution in [1.82, 2.24) is 14.9 Å². The zero-order chi connectivity index (χ0) is 15.2. The Kier molecular flexibility index (Phi) is 5.43. The van der Waals surface area contributed by atoms with Crippen molar-refractivity contribution < 1.29 is 20.1 Å². The Morgan fingerprint density at radius 3 is 2.71 bits per heavy atom. The van der Waals surface area contributed by atoms with E-state index < -0.39 is 12.1 Å². The number of hydrogen-bond acceptors (Lipinski definition) is 7. The molecule has 1 aliphatic heterocycles. The van der Waals surface area contributed by atoms with Gasteiger partial charge in [0.05, 0.1) is 6.10 Å². The number of β-amino-alcohol motifs (C(OH)–C–C–N with tert-alkyl or cyclic N) is 1. The summed E-state index contributed by atoms with van der Waals surface area (Å²) in [6.07, 6.45) is 3.53. The van der Waals surface area contributed by atoms with Crippen LogP contribution in [0.25, 0.3) is 0 Å². The summed E-state index contributed by atoms with van der Waals surface area (Å²) in [5.74, 6) is -0.733. The third-order valence-electron chi connectivity index (χ3n) is 3.55. The highest BCUT2D eigenvalue weighted by Gasteiger charge is 2.26. The molecule has 0 bridgehead atoms. The number of nitrogens with one attached hydrogen (secondary N) is 1. The number of piperidine rings is 1. The van der Waals surface area contributed by atoms with Gasteiger partial charge in [0, 0.05) is 43.6 Å². The second kappa shape index (κ2) is 7.30. The highest BCUT2D eigenvalue weighted by Crippen LogP contribution is 2.18. The maximum absolute atomic E-state index is 10.4. The van der Waals surface area contributed by atoms with E-state index in [1.54, 1.807) is 12.4 Å². The molecular weight excluding hydrogens is 276 g/mol. The van der Waals surface area contributed by atoms with E-state index in [1.807, 2.05) is 0 Å². The van der Waals surface area contributed by atoms with E-state index in [9.17, 15) is 9.90 Å². The smallest absolute Gasteiger partial charge is 0.322 e. The van der Waals surface area contributed by atoms with E-state index in [0.29, 0.717) is 13.1 Å². The normalized spacial score (nSPS) is 23.0. The van der Waals surface area contributed by atoms with Gasteiger partial charge >= 0.3 is 5.97 Å². The van der Waals surface area contributed by atoms with E-state index in [1.165, 1.54) is 0 Å². The monoisotopic (exact) mass is 296 g/mol. The lowest BCUT2D eigenvalue weighted by molar-refractivity contribution is -0.134. The van der Waals surface area contributed by atoms with Gasteiger partial charge in [0.1, 0.15) is 6.54 Å². The largest absolute Gasteiger partial charge is 0.480 e. The third kappa shape index (κ3) is 4.62. The van der Waals surface area contributed by atoms with Crippen LogP contribution in [0.2, 0.25) is 0 Å². The first-order chi connectivity index (χ1) is 10.1. The summed E-state index contributed by atoms with van der Waals surface area (Å²) in [4.78, 5) is 20.6. The van der Waals surface area contributed by atoms with Gasteiger partial charge in [-0.1, -0.05) is 0 Å². The first kappa shape index (κ1) is 15.6. The molecular formula is C13H20N4O4. The topological polar surface area (TPSA) is 119 Å². The molecule has 1 aliphatic rings. The third-order valence-corrected chi connectivity index (χ3v) is 3.55. The SMILES string of the molecule is O=C(O)CNc1ncc(CN2CC[C@H](CO)[C@H](O)C2)cn1. The summed E-state index contributed by atoms with van der Waals surface area (Å²) in [5, 5.41) is 30.1. The molecule has 8 heteroatoms. The predicted octanol–water partition coefficient (Wildman–Crippen LogP) is -0.852. The van der Waals surface area contributed by atoms with Crippen molar-refractivity contribution in [3.05, 3.63) is 18.0 Å². The lowest BCUT2D eigenvalue weighted by atomic mass is 9.94. The summed E-state index contributed by atoms with van der Waals surface area (Å²) in [5.41, 5.74) is 0.894. The van der Waals surface area contributed by atoms with Crippen LogP contribution in [0.3, 0.4) is 0 Å². The van der Waals surface area contributed by atoms with Gasteiger partial charge in [0.25, 0.3) is 0 Å². The van der Waals surface area contributed by atoms with E-state index in [-0.39, 0.29) is 25.0 Å². The Hall–Kier alpha value is -1.77. The summed E-state index contributed by atoms with van der Waals surface area (Å²) < 4.78 is 0. The molecule has 0 radical (unpaired) electrons. The molecule has 0 aromatic carbocycles. The Bertz CT molecular complexity index is 468. The molecule has 1 aromatic heterocycles. The van der Waals surface area contributed by atoms with E-state index in [4.69, 9.17) is 10.2 Å². The van der Waals surface area contributed by atoms with Crippen LogP contribution >= 0.6 is 0 Å². The Balaban J connectivity index is 1.84. The van der Waals surface area contributed by atoms with Crippen molar-refractivity contribution in [3.8, 4) is 0 Å². The second-order valence-electron chi connectivity index (χ2n) is 5.20. The number of hydrogen-bond donors (Lipinski definition) is 4. The van der Waals surface area contributed by atoms with Gasteiger partial charge in [-0.15, -0.1) is 0 Å². The number of rotatable bonds is 6. The maximum Gasteiger partial charge on any atom is 0.322 e. The van der Waals surface area contributed by atoms with Crippen LogP contribution in [0.4, 0.5) is 5.95 Å². The van der Waals surface area contributed by atoms with Crippen molar-refractivity contribution in [1.29, 1.82) is 0 Å². The van der Waals surface area contributed by atoms with Gasteiger partial charge in [-0.05, 0) is 13.0 Å². The molecule has 0 unspecified atom stereocenters. The molecule has 4 N–H and O–H groups in total. The zero-order valence-corrected chi connectivity index (χ0v) is 11.6. The Morgan fingerprint density at radius 2 is 2.14 bits per heavy atom. The van der Waals surface area contributed by atoms with Gasteiger partial charge in [0.2, 0.25) is 5.95 Å². The van der Waals surface area contributed by atoms with Gasteiger partial charge in [-0.3, -0.25) is 9.69 Å². The number of carbonyl (C=O) groups is 1. The van der Waals surface area contributed by atoms with Crippen molar-refractivity contribution in [2.45, 2.75) is 19.1 Å². The van der Waals surface area contributed by atoms with Crippen LogP contribution in [0, 0.1) is 5.92 Å². The molecule has 21 heavy (non-hydrogen) atoms. The van der Waals surface area contributed by atoms with Gasteiger partial charge in [-0.25, -0.2) is 9.97 Å². The number of nitrogens with zero attached hydrogens (tertiary/aromatic N) is 3. The average Bonchev–Trinajstić information content (AvgIpc) is 2.47. The van der Waals surface area contributed by atoms with Gasteiger partial charge < -0.3 is 20.6 Å². The summed E-state index contributed by atoms with van der Waals surface area (Å²) in [7, 11) is 0. The molecule has 2 atom stereocenters. The minimum atomic E-state index is -0.969. The predicted molar refractivity (Wildman–Crippen MR) is 74.6 cm³/mol. The molecule has 1 fully saturated rings. The molecule has 116 valence electrons. The minimum absolute atomic E-state index is 0.0159. The molecule has 0 spiro atoms. The van der Waals surface area contributed by atoms with Crippen molar-refractivity contribution in [2.75, 3.05) is 31.6 Å². The summed E-state index contributed by atoms with van der Waals surface area (Å²) in [6.45, 7) is 1.74. The van der Waals surface area contributed by atoms with E-state index in [2.05, 4.69) is 20.2 Å². The average molecular weight is 296 g/mol. The molecule has 8 nitrogen and oxygen atoms in total. The van der Waals surface area contributed by atoms with Crippen LogP contribution in [-0.2, 0) is 11.3 Å². The van der Waals surface area contributed by atoms with Crippen molar-refractivity contribution in [2.24, 2.45) is 5.92 Å². The number of anilines is 1. The fourth-order valence-electron chi connectivity index (χ4n) is 2.34. The highest BCUT2D eigenvalue weighted by atomic mass is 16.4. The molecule has 0 amide bonds. The molecule has 0 saturated carbocycles. The number of aliphatic carboxylic acids is 1. The van der Waals surface area contributed by atoms with Crippen LogP contribution < -0.4 is 5.32 Å². The van der Waals surface area contributed by atoms with Crippen LogP contribution in [-0.4, -0.2) is 68.5 Å². The van der Waals surface area contributed by atoms with Crippen molar-refractivity contribution >= 4 is 11.9 Å². The number of likely N-dealkylation sites (tertiary alicyclic amines) is 1. The molecule has 0 aliphatic carbocycles. The highest BCUT2D eigenvalue weighted by molar-refractivity contribution is 5.71. The number of carboxylic acid groups (broad SMARTS) is 1. The van der Waals surface area contributed by atoms with Gasteiger partial charge in [-0.2, -0.15) is 0 Å². The van der Waals surface area contributed by atoms with Crippen LogP contribution in [0.1, 0.15) is 12.0 Å².